The molecule has 11 heteroatoms. The zero-order valence-electron chi connectivity index (χ0n) is 16.6. The third-order valence-electron chi connectivity index (χ3n) is 3.82. The Balaban J connectivity index is 0.00000480. The van der Waals surface area contributed by atoms with E-state index in [1.807, 2.05) is 0 Å². The highest BCUT2D eigenvalue weighted by molar-refractivity contribution is 14.0. The van der Waals surface area contributed by atoms with Crippen molar-refractivity contribution in [1.82, 2.24) is 10.6 Å². The standard InChI is InChI=1S/C20H22F5N3O2.HI/c1-26-19(28-11-16-3-2-4-17(9-16)30-18(21)22)27-10-14-5-7-15(8-6-14)12-29-13-20(23,24)25;/h2-9,18H,10-13H2,1H3,(H2,26,27,28);1H. The van der Waals surface area contributed by atoms with Crippen LogP contribution in [-0.4, -0.2) is 32.4 Å². The first-order valence-corrected chi connectivity index (χ1v) is 8.96. The zero-order chi connectivity index (χ0) is 22.0. The number of aliphatic imine (C=N–C) groups is 1. The molecule has 2 N–H and O–H groups in total. The lowest BCUT2D eigenvalue weighted by molar-refractivity contribution is -0.176. The number of halogens is 6. The summed E-state index contributed by atoms with van der Waals surface area (Å²) in [6, 6.07) is 13.3. The van der Waals surface area contributed by atoms with Crippen LogP contribution >= 0.6 is 24.0 Å². The van der Waals surface area contributed by atoms with Crippen LogP contribution in [0.25, 0.3) is 0 Å². The molecule has 0 spiro atoms. The van der Waals surface area contributed by atoms with Gasteiger partial charge in [0.15, 0.2) is 5.96 Å². The summed E-state index contributed by atoms with van der Waals surface area (Å²) in [6.45, 7) is -3.52. The fourth-order valence-corrected chi connectivity index (χ4v) is 2.46. The Bertz CT molecular complexity index is 817. The van der Waals surface area contributed by atoms with Crippen LogP contribution in [0.1, 0.15) is 16.7 Å². The molecule has 0 amide bonds. The SMILES string of the molecule is CN=C(NCc1ccc(COCC(F)(F)F)cc1)NCc1cccc(OC(F)F)c1.I. The summed E-state index contributed by atoms with van der Waals surface area (Å²) in [5.74, 6) is 0.569. The van der Waals surface area contributed by atoms with Gasteiger partial charge in [-0.25, -0.2) is 0 Å². The zero-order valence-corrected chi connectivity index (χ0v) is 18.9. The van der Waals surface area contributed by atoms with Crippen molar-refractivity contribution < 1.29 is 31.4 Å². The molecular weight excluding hydrogens is 536 g/mol. The van der Waals surface area contributed by atoms with Gasteiger partial charge in [-0.1, -0.05) is 36.4 Å². The lowest BCUT2D eigenvalue weighted by atomic mass is 10.1. The molecule has 0 aromatic heterocycles. The van der Waals surface area contributed by atoms with E-state index in [1.165, 1.54) is 12.1 Å². The van der Waals surface area contributed by atoms with Crippen LogP contribution in [0.4, 0.5) is 22.0 Å². The number of hydrogen-bond acceptors (Lipinski definition) is 3. The predicted molar refractivity (Wildman–Crippen MR) is 118 cm³/mol. The molecule has 0 saturated heterocycles. The van der Waals surface area contributed by atoms with E-state index < -0.39 is 19.4 Å². The smallest absolute Gasteiger partial charge is 0.411 e. The van der Waals surface area contributed by atoms with Crippen LogP contribution in [0.2, 0.25) is 0 Å². The molecule has 0 aliphatic rings. The van der Waals surface area contributed by atoms with Gasteiger partial charge in [0.2, 0.25) is 0 Å². The van der Waals surface area contributed by atoms with Crippen molar-refractivity contribution in [1.29, 1.82) is 0 Å². The summed E-state index contributed by atoms with van der Waals surface area (Å²) < 4.78 is 69.8. The Labute approximate surface area is 194 Å². The summed E-state index contributed by atoms with van der Waals surface area (Å²) in [7, 11) is 1.59. The monoisotopic (exact) mass is 559 g/mol. The molecule has 2 aromatic carbocycles. The Morgan fingerprint density at radius 2 is 1.58 bits per heavy atom. The first kappa shape index (κ1) is 26.9. The minimum absolute atomic E-state index is 0. The van der Waals surface area contributed by atoms with E-state index in [4.69, 9.17) is 0 Å². The van der Waals surface area contributed by atoms with Crippen molar-refractivity contribution in [3.63, 3.8) is 0 Å². The molecule has 172 valence electrons. The van der Waals surface area contributed by atoms with Crippen molar-refractivity contribution in [3.05, 3.63) is 65.2 Å². The normalized spacial score (nSPS) is 11.8. The van der Waals surface area contributed by atoms with E-state index in [-0.39, 0.29) is 36.3 Å². The second-order valence-electron chi connectivity index (χ2n) is 6.23. The van der Waals surface area contributed by atoms with Gasteiger partial charge in [0.25, 0.3) is 0 Å². The lowest BCUT2D eigenvalue weighted by Crippen LogP contribution is -2.36. The molecular formula is C20H23F5IN3O2. The Hall–Kier alpha value is -2.15. The highest BCUT2D eigenvalue weighted by atomic mass is 127. The quantitative estimate of drug-likeness (QED) is 0.200. The minimum Gasteiger partial charge on any atom is -0.435 e. The Kier molecular flexibility index (Phi) is 11.5. The van der Waals surface area contributed by atoms with E-state index in [9.17, 15) is 22.0 Å². The average molecular weight is 559 g/mol. The molecule has 0 aliphatic heterocycles. The molecule has 0 fully saturated rings. The third kappa shape index (κ3) is 11.2. The fourth-order valence-electron chi connectivity index (χ4n) is 2.46. The van der Waals surface area contributed by atoms with E-state index in [1.54, 1.807) is 43.4 Å². The molecule has 2 rings (SSSR count). The van der Waals surface area contributed by atoms with Crippen LogP contribution < -0.4 is 15.4 Å². The van der Waals surface area contributed by atoms with E-state index >= 15 is 0 Å². The molecule has 0 bridgehead atoms. The molecule has 31 heavy (non-hydrogen) atoms. The number of rotatable bonds is 9. The van der Waals surface area contributed by atoms with Gasteiger partial charge in [0.1, 0.15) is 12.4 Å². The number of benzene rings is 2. The highest BCUT2D eigenvalue weighted by Gasteiger charge is 2.27. The summed E-state index contributed by atoms with van der Waals surface area (Å²) >= 11 is 0. The third-order valence-corrected chi connectivity index (χ3v) is 3.82. The van der Waals surface area contributed by atoms with E-state index in [0.717, 1.165) is 11.1 Å². The van der Waals surface area contributed by atoms with Crippen LogP contribution in [0.5, 0.6) is 5.75 Å². The van der Waals surface area contributed by atoms with Crippen LogP contribution in [0.3, 0.4) is 0 Å². The van der Waals surface area contributed by atoms with Gasteiger partial charge >= 0.3 is 12.8 Å². The molecule has 0 heterocycles. The van der Waals surface area contributed by atoms with Gasteiger partial charge in [-0.05, 0) is 28.8 Å². The highest BCUT2D eigenvalue weighted by Crippen LogP contribution is 2.16. The fraction of sp³-hybridized carbons (Fsp3) is 0.350. The van der Waals surface area contributed by atoms with Crippen molar-refractivity contribution in [3.8, 4) is 5.75 Å². The topological polar surface area (TPSA) is 54.9 Å². The minimum atomic E-state index is -4.34. The Morgan fingerprint density at radius 1 is 0.968 bits per heavy atom. The molecule has 0 radical (unpaired) electrons. The number of ether oxygens (including phenoxy) is 2. The molecule has 0 atom stereocenters. The largest absolute Gasteiger partial charge is 0.435 e. The van der Waals surface area contributed by atoms with E-state index in [0.29, 0.717) is 24.6 Å². The summed E-state index contributed by atoms with van der Waals surface area (Å²) in [5.41, 5.74) is 2.26. The first-order valence-electron chi connectivity index (χ1n) is 8.96. The summed E-state index contributed by atoms with van der Waals surface area (Å²) in [4.78, 5) is 4.09. The predicted octanol–water partition coefficient (Wildman–Crippen LogP) is 4.85. The van der Waals surface area contributed by atoms with Crippen LogP contribution in [0.15, 0.2) is 53.5 Å². The number of guanidine groups is 1. The van der Waals surface area contributed by atoms with Gasteiger partial charge in [-0.15, -0.1) is 24.0 Å². The van der Waals surface area contributed by atoms with E-state index in [2.05, 4.69) is 25.1 Å². The van der Waals surface area contributed by atoms with Gasteiger partial charge in [-0.3, -0.25) is 4.99 Å². The summed E-state index contributed by atoms with van der Waals surface area (Å²) in [5, 5.41) is 6.15. The lowest BCUT2D eigenvalue weighted by Gasteiger charge is -2.13. The average Bonchev–Trinajstić information content (AvgIpc) is 2.68. The van der Waals surface area contributed by atoms with Crippen molar-refractivity contribution >= 4 is 29.9 Å². The number of hydrogen-bond donors (Lipinski definition) is 2. The van der Waals surface area contributed by atoms with Gasteiger partial charge in [0, 0.05) is 20.1 Å². The van der Waals surface area contributed by atoms with Gasteiger partial charge < -0.3 is 20.1 Å². The second kappa shape index (κ2) is 13.3. The van der Waals surface area contributed by atoms with Crippen LogP contribution in [0, 0.1) is 0 Å². The van der Waals surface area contributed by atoms with Crippen molar-refractivity contribution in [2.75, 3.05) is 13.7 Å². The van der Waals surface area contributed by atoms with Gasteiger partial charge in [-0.2, -0.15) is 22.0 Å². The Morgan fingerprint density at radius 3 is 2.16 bits per heavy atom. The van der Waals surface area contributed by atoms with Crippen molar-refractivity contribution in [2.24, 2.45) is 4.99 Å². The number of nitrogens with zero attached hydrogens (tertiary/aromatic N) is 1. The molecule has 0 unspecified atom stereocenters. The van der Waals surface area contributed by atoms with Crippen LogP contribution in [-0.2, 0) is 24.4 Å². The second-order valence-corrected chi connectivity index (χ2v) is 6.23. The maximum atomic E-state index is 12.3. The molecule has 5 nitrogen and oxygen atoms in total. The number of alkyl halides is 5. The molecule has 2 aromatic rings. The molecule has 0 saturated carbocycles. The molecule has 0 aliphatic carbocycles. The maximum absolute atomic E-state index is 12.3. The number of nitrogens with one attached hydrogen (secondary N) is 2. The van der Waals surface area contributed by atoms with Crippen molar-refractivity contribution in [2.45, 2.75) is 32.5 Å². The summed E-state index contributed by atoms with van der Waals surface area (Å²) in [6.07, 6.45) is -4.34. The maximum Gasteiger partial charge on any atom is 0.411 e. The first-order chi connectivity index (χ1) is 14.2. The van der Waals surface area contributed by atoms with Gasteiger partial charge in [0.05, 0.1) is 6.61 Å².